The fourth-order valence-corrected chi connectivity index (χ4v) is 5.78. The van der Waals surface area contributed by atoms with Crippen molar-refractivity contribution < 1.29 is 0 Å². The maximum Gasteiger partial charge on any atom is 0.205 e. The molecule has 220 valence electrons. The van der Waals surface area contributed by atoms with E-state index in [4.69, 9.17) is 16.6 Å². The molecule has 2 aliphatic rings. The SMILES string of the molecule is CC1CNCCN1.Cc1ccc(Cc2nsc(Cl)n2)cc1.Cc1ccc(Cc2nsc(N3CCNC(C)C3)n2)cc1. The first-order valence-electron chi connectivity index (χ1n) is 14.2. The number of piperazine rings is 2. The molecule has 0 amide bonds. The molecule has 0 aliphatic carbocycles. The molecule has 2 aromatic carbocycles. The van der Waals surface area contributed by atoms with Crippen molar-refractivity contribution in [2.45, 2.75) is 52.6 Å². The van der Waals surface area contributed by atoms with Crippen LogP contribution in [0.15, 0.2) is 48.5 Å². The normalized spacial score (nSPS) is 18.6. The van der Waals surface area contributed by atoms with Crippen LogP contribution in [-0.4, -0.2) is 70.1 Å². The largest absolute Gasteiger partial charge is 0.344 e. The van der Waals surface area contributed by atoms with E-state index in [0.29, 0.717) is 16.6 Å². The first kappa shape index (κ1) is 31.5. The average Bonchev–Trinajstić information content (AvgIpc) is 3.61. The van der Waals surface area contributed by atoms with Crippen LogP contribution in [-0.2, 0) is 12.8 Å². The molecule has 0 bridgehead atoms. The monoisotopic (exact) mass is 612 g/mol. The fourth-order valence-electron chi connectivity index (χ4n) is 4.43. The van der Waals surface area contributed by atoms with Crippen LogP contribution >= 0.6 is 34.7 Å². The number of hydrogen-bond donors (Lipinski definition) is 3. The molecule has 2 atom stereocenters. The molecule has 0 spiro atoms. The molecule has 4 heterocycles. The third-order valence-corrected chi connectivity index (χ3v) is 8.40. The van der Waals surface area contributed by atoms with Gasteiger partial charge in [-0.2, -0.15) is 8.75 Å². The average molecular weight is 613 g/mol. The Morgan fingerprint density at radius 2 is 1.37 bits per heavy atom. The highest BCUT2D eigenvalue weighted by atomic mass is 35.5. The summed E-state index contributed by atoms with van der Waals surface area (Å²) in [4.78, 5) is 11.1. The van der Waals surface area contributed by atoms with Crippen LogP contribution in [0.3, 0.4) is 0 Å². The third-order valence-electron chi connectivity index (χ3n) is 6.75. The van der Waals surface area contributed by atoms with Crippen molar-refractivity contribution in [3.63, 3.8) is 0 Å². The zero-order valence-corrected chi connectivity index (χ0v) is 26.7. The zero-order valence-electron chi connectivity index (χ0n) is 24.4. The maximum absolute atomic E-state index is 5.70. The van der Waals surface area contributed by atoms with Gasteiger partial charge in [-0.25, -0.2) is 9.97 Å². The van der Waals surface area contributed by atoms with Crippen molar-refractivity contribution in [1.82, 2.24) is 34.7 Å². The molecule has 4 aromatic rings. The van der Waals surface area contributed by atoms with Gasteiger partial charge in [0.25, 0.3) is 0 Å². The second-order valence-corrected chi connectivity index (χ2v) is 12.7. The van der Waals surface area contributed by atoms with E-state index in [1.165, 1.54) is 45.3 Å². The van der Waals surface area contributed by atoms with Crippen LogP contribution < -0.4 is 20.9 Å². The van der Waals surface area contributed by atoms with Crippen molar-refractivity contribution in [2.24, 2.45) is 0 Å². The maximum atomic E-state index is 5.70. The molecule has 3 N–H and O–H groups in total. The molecule has 6 rings (SSSR count). The van der Waals surface area contributed by atoms with E-state index in [1.54, 1.807) is 0 Å². The molecule has 2 aromatic heterocycles. The number of aromatic nitrogens is 4. The Bertz CT molecular complexity index is 1300. The number of rotatable bonds is 5. The summed E-state index contributed by atoms with van der Waals surface area (Å²) < 4.78 is 9.14. The second kappa shape index (κ2) is 16.2. The van der Waals surface area contributed by atoms with Crippen LogP contribution in [0.5, 0.6) is 0 Å². The van der Waals surface area contributed by atoms with Crippen LogP contribution in [0.25, 0.3) is 0 Å². The molecule has 2 fully saturated rings. The molecule has 2 unspecified atom stereocenters. The minimum absolute atomic E-state index is 0.507. The fraction of sp³-hybridized carbons (Fsp3) is 0.467. The van der Waals surface area contributed by atoms with Gasteiger partial charge in [-0.1, -0.05) is 59.7 Å². The molecule has 41 heavy (non-hydrogen) atoms. The van der Waals surface area contributed by atoms with Gasteiger partial charge in [0.05, 0.1) is 0 Å². The second-order valence-electron chi connectivity index (χ2n) is 10.6. The molecule has 0 radical (unpaired) electrons. The van der Waals surface area contributed by atoms with Gasteiger partial charge in [-0.05, 0) is 62.0 Å². The summed E-state index contributed by atoms with van der Waals surface area (Å²) in [7, 11) is 0. The van der Waals surface area contributed by atoms with E-state index in [1.807, 2.05) is 0 Å². The van der Waals surface area contributed by atoms with E-state index in [9.17, 15) is 0 Å². The summed E-state index contributed by atoms with van der Waals surface area (Å²) >= 11 is 8.45. The van der Waals surface area contributed by atoms with Gasteiger partial charge >= 0.3 is 0 Å². The van der Waals surface area contributed by atoms with Crippen LogP contribution in [0.1, 0.15) is 47.8 Å². The summed E-state index contributed by atoms with van der Waals surface area (Å²) in [6.07, 6.45) is 1.57. The first-order valence-corrected chi connectivity index (χ1v) is 16.1. The summed E-state index contributed by atoms with van der Waals surface area (Å²) in [6.45, 7) is 15.0. The highest BCUT2D eigenvalue weighted by Crippen LogP contribution is 2.20. The lowest BCUT2D eigenvalue weighted by molar-refractivity contribution is 0.442. The van der Waals surface area contributed by atoms with Gasteiger partial charge in [0.15, 0.2) is 0 Å². The van der Waals surface area contributed by atoms with Crippen LogP contribution in [0, 0.1) is 13.8 Å². The standard InChI is InChI=1S/C15H20N4S.C10H9ClN2S.C5H12N2/c1-11-3-5-13(6-4-11)9-14-17-15(20-18-14)19-8-7-16-12(2)10-19;1-7-2-4-8(5-3-7)6-9-12-10(11)14-13-9;1-5-4-6-2-3-7-5/h3-6,12,16H,7-10H2,1-2H3;2-5H,6H2,1H3;5-7H,2-4H2,1H3. The van der Waals surface area contributed by atoms with E-state index in [2.05, 4.69) is 111 Å². The predicted octanol–water partition coefficient (Wildman–Crippen LogP) is 4.89. The lowest BCUT2D eigenvalue weighted by Gasteiger charge is -2.31. The van der Waals surface area contributed by atoms with E-state index in [0.717, 1.165) is 68.9 Å². The highest BCUT2D eigenvalue weighted by molar-refractivity contribution is 7.10. The Labute approximate surface area is 257 Å². The van der Waals surface area contributed by atoms with E-state index < -0.39 is 0 Å². The topological polar surface area (TPSA) is 90.9 Å². The van der Waals surface area contributed by atoms with Gasteiger partial charge < -0.3 is 20.9 Å². The van der Waals surface area contributed by atoms with Gasteiger partial charge in [-0.15, -0.1) is 0 Å². The lowest BCUT2D eigenvalue weighted by Crippen LogP contribution is -2.49. The van der Waals surface area contributed by atoms with E-state index >= 15 is 0 Å². The molecule has 11 heteroatoms. The molecular formula is C30H41ClN8S2. The van der Waals surface area contributed by atoms with E-state index in [-0.39, 0.29) is 0 Å². The minimum atomic E-state index is 0.507. The van der Waals surface area contributed by atoms with Gasteiger partial charge in [-0.3, -0.25) is 0 Å². The Morgan fingerprint density at radius 1 is 0.780 bits per heavy atom. The third kappa shape index (κ3) is 11.0. The summed E-state index contributed by atoms with van der Waals surface area (Å²) in [6, 6.07) is 18.1. The van der Waals surface area contributed by atoms with Gasteiger partial charge in [0.2, 0.25) is 9.60 Å². The van der Waals surface area contributed by atoms with Crippen molar-refractivity contribution in [2.75, 3.05) is 44.2 Å². The minimum Gasteiger partial charge on any atom is -0.344 e. The van der Waals surface area contributed by atoms with Crippen LogP contribution in [0.4, 0.5) is 5.13 Å². The summed E-state index contributed by atoms with van der Waals surface area (Å²) in [5.74, 6) is 1.73. The smallest absolute Gasteiger partial charge is 0.205 e. The molecule has 0 saturated carbocycles. The number of nitrogens with zero attached hydrogens (tertiary/aromatic N) is 5. The highest BCUT2D eigenvalue weighted by Gasteiger charge is 2.19. The number of nitrogens with one attached hydrogen (secondary N) is 3. The van der Waals surface area contributed by atoms with Gasteiger partial charge in [0.1, 0.15) is 11.6 Å². The molecule has 2 saturated heterocycles. The molecule has 8 nitrogen and oxygen atoms in total. The Morgan fingerprint density at radius 3 is 1.85 bits per heavy atom. The first-order chi connectivity index (χ1) is 19.8. The number of anilines is 1. The molecular weight excluding hydrogens is 572 g/mol. The number of hydrogen-bond acceptors (Lipinski definition) is 10. The predicted molar refractivity (Wildman–Crippen MR) is 173 cm³/mol. The number of halogens is 1. The Kier molecular flexibility index (Phi) is 12.5. The summed E-state index contributed by atoms with van der Waals surface area (Å²) in [5, 5.41) is 11.1. The zero-order chi connectivity index (χ0) is 29.0. The van der Waals surface area contributed by atoms with Crippen LogP contribution in [0.2, 0.25) is 4.47 Å². The molecule has 2 aliphatic heterocycles. The number of aryl methyl sites for hydroxylation is 2. The Hall–Kier alpha value is -2.47. The quantitative estimate of drug-likeness (QED) is 0.293. The van der Waals surface area contributed by atoms with Crippen molar-refractivity contribution in [3.8, 4) is 0 Å². The lowest BCUT2D eigenvalue weighted by atomic mass is 10.1. The van der Waals surface area contributed by atoms with Gasteiger partial charge in [0, 0.05) is 75.7 Å². The van der Waals surface area contributed by atoms with Crippen molar-refractivity contribution >= 4 is 39.8 Å². The Balaban J connectivity index is 0.000000159. The summed E-state index contributed by atoms with van der Waals surface area (Å²) in [5.41, 5.74) is 5.03. The number of benzene rings is 2. The van der Waals surface area contributed by atoms with Crippen molar-refractivity contribution in [1.29, 1.82) is 0 Å². The van der Waals surface area contributed by atoms with Crippen molar-refractivity contribution in [3.05, 3.63) is 86.9 Å².